The molecule has 0 atom stereocenters. The largest absolute Gasteiger partial charge is 0.497 e. The van der Waals surface area contributed by atoms with E-state index in [0.29, 0.717) is 31.9 Å². The van der Waals surface area contributed by atoms with E-state index in [1.165, 1.54) is 15.5 Å². The van der Waals surface area contributed by atoms with Crippen molar-refractivity contribution in [3.05, 3.63) is 29.8 Å². The number of carbonyl (C=O) groups excluding carboxylic acids is 1. The van der Waals surface area contributed by atoms with Crippen molar-refractivity contribution in [3.63, 3.8) is 0 Å². The Morgan fingerprint density at radius 3 is 2.48 bits per heavy atom. The highest BCUT2D eigenvalue weighted by Gasteiger charge is 2.30. The van der Waals surface area contributed by atoms with Crippen molar-refractivity contribution in [1.29, 1.82) is 0 Å². The number of rotatable bonds is 5. The molecule has 0 radical (unpaired) electrons. The number of benzene rings is 1. The molecule has 1 saturated heterocycles. The molecule has 0 N–H and O–H groups in total. The Morgan fingerprint density at radius 1 is 1.26 bits per heavy atom. The van der Waals surface area contributed by atoms with Crippen LogP contribution in [-0.4, -0.2) is 68.2 Å². The molecular weight excluding hydrogens is 318 g/mol. The maximum Gasteiger partial charge on any atom is 0.282 e. The molecule has 0 aromatic heterocycles. The molecule has 8 heteroatoms. The fraction of sp³-hybridized carbons (Fsp3) is 0.533. The number of piperazine rings is 1. The van der Waals surface area contributed by atoms with Gasteiger partial charge in [-0.3, -0.25) is 4.79 Å². The monoisotopic (exact) mass is 341 g/mol. The highest BCUT2D eigenvalue weighted by atomic mass is 32.2. The Balaban J connectivity index is 2.03. The van der Waals surface area contributed by atoms with Gasteiger partial charge in [-0.2, -0.15) is 17.0 Å². The smallest absolute Gasteiger partial charge is 0.282 e. The van der Waals surface area contributed by atoms with Gasteiger partial charge in [0, 0.05) is 46.7 Å². The molecule has 0 unspecified atom stereocenters. The molecule has 1 amide bonds. The second-order valence-electron chi connectivity index (χ2n) is 5.52. The summed E-state index contributed by atoms with van der Waals surface area (Å²) in [6.07, 6.45) is 0. The van der Waals surface area contributed by atoms with Crippen LogP contribution >= 0.6 is 0 Å². The molecule has 1 heterocycles. The summed E-state index contributed by atoms with van der Waals surface area (Å²) in [5.74, 6) is 0.676. The topological polar surface area (TPSA) is 70.2 Å². The summed E-state index contributed by atoms with van der Waals surface area (Å²) in [5.41, 5.74) is 0.859. The van der Waals surface area contributed by atoms with Crippen LogP contribution in [0.2, 0.25) is 0 Å². The highest BCUT2D eigenvalue weighted by molar-refractivity contribution is 7.86. The van der Waals surface area contributed by atoms with E-state index >= 15 is 0 Å². The van der Waals surface area contributed by atoms with Crippen LogP contribution in [-0.2, 0) is 21.5 Å². The van der Waals surface area contributed by atoms with E-state index in [9.17, 15) is 13.2 Å². The summed E-state index contributed by atoms with van der Waals surface area (Å²) in [7, 11) is -0.402. The Morgan fingerprint density at radius 2 is 1.91 bits per heavy atom. The zero-order valence-electron chi connectivity index (χ0n) is 13.7. The molecule has 1 aliphatic heterocycles. The van der Waals surface area contributed by atoms with Gasteiger partial charge in [0.2, 0.25) is 5.91 Å². The van der Waals surface area contributed by atoms with Gasteiger partial charge in [0.05, 0.1) is 7.11 Å². The van der Waals surface area contributed by atoms with Crippen LogP contribution in [0.5, 0.6) is 5.75 Å². The average Bonchev–Trinajstić information content (AvgIpc) is 2.55. The lowest BCUT2D eigenvalue weighted by Crippen LogP contribution is -2.53. The van der Waals surface area contributed by atoms with Crippen LogP contribution in [0.3, 0.4) is 0 Å². The van der Waals surface area contributed by atoms with Gasteiger partial charge < -0.3 is 9.64 Å². The lowest BCUT2D eigenvalue weighted by Gasteiger charge is -2.35. The molecular formula is C15H23N3O4S. The second-order valence-corrected chi connectivity index (χ2v) is 7.56. The fourth-order valence-corrected chi connectivity index (χ4v) is 3.87. The van der Waals surface area contributed by atoms with Crippen molar-refractivity contribution in [3.8, 4) is 5.75 Å². The number of methoxy groups -OCH3 is 1. The van der Waals surface area contributed by atoms with Gasteiger partial charge >= 0.3 is 0 Å². The van der Waals surface area contributed by atoms with Gasteiger partial charge in [0.15, 0.2) is 0 Å². The van der Waals surface area contributed by atoms with E-state index in [4.69, 9.17) is 4.74 Å². The molecule has 23 heavy (non-hydrogen) atoms. The standard InChI is InChI=1S/C15H23N3O4S/c1-13(19)17-7-9-18(10-8-17)23(20,21)16(2)12-14-5-4-6-15(11-14)22-3/h4-6,11H,7-10,12H2,1-3H3. The van der Waals surface area contributed by atoms with Gasteiger partial charge in [0.1, 0.15) is 5.75 Å². The molecule has 0 bridgehead atoms. The number of ether oxygens (including phenoxy) is 1. The van der Waals surface area contributed by atoms with Crippen molar-refractivity contribution in [1.82, 2.24) is 13.5 Å². The van der Waals surface area contributed by atoms with Crippen LogP contribution in [0, 0.1) is 0 Å². The third-order valence-corrected chi connectivity index (χ3v) is 5.88. The van der Waals surface area contributed by atoms with Gasteiger partial charge in [-0.25, -0.2) is 0 Å². The summed E-state index contributed by atoms with van der Waals surface area (Å²) < 4.78 is 33.2. The molecule has 0 saturated carbocycles. The first-order valence-electron chi connectivity index (χ1n) is 7.44. The average molecular weight is 341 g/mol. The minimum Gasteiger partial charge on any atom is -0.497 e. The first-order chi connectivity index (χ1) is 10.8. The molecule has 0 aliphatic carbocycles. The lowest BCUT2D eigenvalue weighted by molar-refractivity contribution is -0.130. The molecule has 7 nitrogen and oxygen atoms in total. The highest BCUT2D eigenvalue weighted by Crippen LogP contribution is 2.17. The zero-order valence-corrected chi connectivity index (χ0v) is 14.5. The van der Waals surface area contributed by atoms with Gasteiger partial charge in [-0.05, 0) is 17.7 Å². The van der Waals surface area contributed by atoms with Crippen LogP contribution in [0.25, 0.3) is 0 Å². The quantitative estimate of drug-likeness (QED) is 0.784. The molecule has 2 rings (SSSR count). The van der Waals surface area contributed by atoms with Gasteiger partial charge in [-0.15, -0.1) is 0 Å². The van der Waals surface area contributed by atoms with E-state index in [-0.39, 0.29) is 12.5 Å². The van der Waals surface area contributed by atoms with E-state index < -0.39 is 10.2 Å². The molecule has 1 aromatic rings. The predicted molar refractivity (Wildman–Crippen MR) is 87.2 cm³/mol. The van der Waals surface area contributed by atoms with Crippen molar-refractivity contribution in [2.75, 3.05) is 40.3 Å². The van der Waals surface area contributed by atoms with Gasteiger partial charge in [-0.1, -0.05) is 12.1 Å². The van der Waals surface area contributed by atoms with Crippen LogP contribution in [0.15, 0.2) is 24.3 Å². The third kappa shape index (κ3) is 4.21. The first-order valence-corrected chi connectivity index (χ1v) is 8.84. The molecule has 0 spiro atoms. The van der Waals surface area contributed by atoms with Crippen LogP contribution in [0.1, 0.15) is 12.5 Å². The Labute approximate surface area is 137 Å². The number of amides is 1. The summed E-state index contributed by atoms with van der Waals surface area (Å²) in [6.45, 7) is 3.28. The third-order valence-electron chi connectivity index (χ3n) is 3.94. The molecule has 128 valence electrons. The zero-order chi connectivity index (χ0) is 17.0. The SMILES string of the molecule is COc1cccc(CN(C)S(=O)(=O)N2CCN(C(C)=O)CC2)c1. The second kappa shape index (κ2) is 7.29. The van der Waals surface area contributed by atoms with Crippen molar-refractivity contribution in [2.24, 2.45) is 0 Å². The fourth-order valence-electron chi connectivity index (χ4n) is 2.54. The summed E-state index contributed by atoms with van der Waals surface area (Å²) in [5, 5.41) is 0. The summed E-state index contributed by atoms with van der Waals surface area (Å²) in [6, 6.07) is 7.33. The molecule has 1 aromatic carbocycles. The molecule has 1 aliphatic rings. The first kappa shape index (κ1) is 17.7. The van der Waals surface area contributed by atoms with E-state index in [0.717, 1.165) is 5.56 Å². The minimum atomic E-state index is -3.54. The van der Waals surface area contributed by atoms with E-state index in [1.807, 2.05) is 24.3 Å². The van der Waals surface area contributed by atoms with Crippen LogP contribution < -0.4 is 4.74 Å². The summed E-state index contributed by atoms with van der Waals surface area (Å²) >= 11 is 0. The number of nitrogens with zero attached hydrogens (tertiary/aromatic N) is 3. The van der Waals surface area contributed by atoms with Crippen molar-refractivity contribution in [2.45, 2.75) is 13.5 Å². The minimum absolute atomic E-state index is 0.0215. The summed E-state index contributed by atoms with van der Waals surface area (Å²) in [4.78, 5) is 13.0. The number of carbonyl (C=O) groups is 1. The Hall–Kier alpha value is -1.64. The number of hydrogen-bond donors (Lipinski definition) is 0. The lowest BCUT2D eigenvalue weighted by atomic mass is 10.2. The Kier molecular flexibility index (Phi) is 5.61. The van der Waals surface area contributed by atoms with Crippen molar-refractivity contribution < 1.29 is 17.9 Å². The van der Waals surface area contributed by atoms with E-state index in [2.05, 4.69) is 0 Å². The number of hydrogen-bond acceptors (Lipinski definition) is 4. The Bertz CT molecular complexity index is 654. The van der Waals surface area contributed by atoms with Crippen molar-refractivity contribution >= 4 is 16.1 Å². The van der Waals surface area contributed by atoms with Gasteiger partial charge in [0.25, 0.3) is 10.2 Å². The maximum absolute atomic E-state index is 12.6. The normalized spacial score (nSPS) is 16.6. The predicted octanol–water partition coefficient (Wildman–Crippen LogP) is 0.536. The maximum atomic E-state index is 12.6. The van der Waals surface area contributed by atoms with E-state index in [1.54, 1.807) is 19.1 Å². The van der Waals surface area contributed by atoms with Crippen LogP contribution in [0.4, 0.5) is 0 Å². The molecule has 1 fully saturated rings.